The van der Waals surface area contributed by atoms with E-state index < -0.39 is 0 Å². The molecule has 2 aromatic carbocycles. The van der Waals surface area contributed by atoms with E-state index in [1.165, 1.54) is 22.3 Å². The highest BCUT2D eigenvalue weighted by atomic mass is 79.9. The van der Waals surface area contributed by atoms with Gasteiger partial charge in [-0.05, 0) is 50.1 Å². The Morgan fingerprint density at radius 3 is 2.10 bits per heavy atom. The summed E-state index contributed by atoms with van der Waals surface area (Å²) in [5.74, 6) is 0. The molecule has 0 aliphatic rings. The van der Waals surface area contributed by atoms with Crippen molar-refractivity contribution >= 4 is 15.9 Å². The number of rotatable bonds is 5. The van der Waals surface area contributed by atoms with Crippen molar-refractivity contribution in [2.75, 3.05) is 6.54 Å². The molecule has 0 amide bonds. The number of hydrogen-bond donors (Lipinski definition) is 1. The molecule has 0 aliphatic carbocycles. The van der Waals surface area contributed by atoms with Gasteiger partial charge in [0.15, 0.2) is 0 Å². The second-order valence-corrected chi connectivity index (χ2v) is 6.28. The highest BCUT2D eigenvalue weighted by Crippen LogP contribution is 2.25. The van der Waals surface area contributed by atoms with Crippen LogP contribution in [0.5, 0.6) is 0 Å². The van der Waals surface area contributed by atoms with Crippen LogP contribution in [0, 0.1) is 13.8 Å². The van der Waals surface area contributed by atoms with E-state index in [0.717, 1.165) is 17.4 Å². The predicted molar refractivity (Wildman–Crippen MR) is 90.2 cm³/mol. The molecule has 0 aromatic heterocycles. The largest absolute Gasteiger partial charge is 0.306 e. The standard InChI is InChI=1S/C18H22BrN/c1-4-9-20-18(15-5-7-17(19)8-6-15)16-11-13(2)10-14(3)12-16/h5-8,10-12,18,20H,4,9H2,1-3H3. The normalized spacial score (nSPS) is 12.4. The molecule has 20 heavy (non-hydrogen) atoms. The summed E-state index contributed by atoms with van der Waals surface area (Å²) < 4.78 is 1.12. The van der Waals surface area contributed by atoms with Crippen molar-refractivity contribution in [3.63, 3.8) is 0 Å². The predicted octanol–water partition coefficient (Wildman–Crippen LogP) is 5.15. The van der Waals surface area contributed by atoms with Crippen LogP contribution in [0.3, 0.4) is 0 Å². The summed E-state index contributed by atoms with van der Waals surface area (Å²) in [6.07, 6.45) is 1.14. The van der Waals surface area contributed by atoms with Crippen LogP contribution in [0.2, 0.25) is 0 Å². The van der Waals surface area contributed by atoms with Gasteiger partial charge in [-0.15, -0.1) is 0 Å². The van der Waals surface area contributed by atoms with Crippen LogP contribution in [0.25, 0.3) is 0 Å². The molecule has 0 fully saturated rings. The van der Waals surface area contributed by atoms with E-state index in [1.807, 2.05) is 0 Å². The molecule has 2 rings (SSSR count). The van der Waals surface area contributed by atoms with Gasteiger partial charge in [-0.2, -0.15) is 0 Å². The summed E-state index contributed by atoms with van der Waals surface area (Å²) in [6.45, 7) is 7.55. The van der Waals surface area contributed by atoms with E-state index >= 15 is 0 Å². The zero-order chi connectivity index (χ0) is 14.5. The average Bonchev–Trinajstić information content (AvgIpc) is 2.40. The maximum absolute atomic E-state index is 3.66. The Morgan fingerprint density at radius 1 is 0.950 bits per heavy atom. The van der Waals surface area contributed by atoms with Crippen LogP contribution in [0.15, 0.2) is 46.9 Å². The van der Waals surface area contributed by atoms with E-state index in [0.29, 0.717) is 0 Å². The van der Waals surface area contributed by atoms with Crippen LogP contribution in [-0.2, 0) is 0 Å². The lowest BCUT2D eigenvalue weighted by Crippen LogP contribution is -2.23. The van der Waals surface area contributed by atoms with E-state index in [9.17, 15) is 0 Å². The minimum atomic E-state index is 0.265. The SMILES string of the molecule is CCCNC(c1ccc(Br)cc1)c1cc(C)cc(C)c1. The highest BCUT2D eigenvalue weighted by molar-refractivity contribution is 9.10. The Morgan fingerprint density at radius 2 is 1.55 bits per heavy atom. The molecule has 1 nitrogen and oxygen atoms in total. The van der Waals surface area contributed by atoms with Crippen molar-refractivity contribution in [3.8, 4) is 0 Å². The molecule has 0 saturated heterocycles. The first-order valence-corrected chi connectivity index (χ1v) is 7.96. The van der Waals surface area contributed by atoms with Gasteiger partial charge < -0.3 is 5.32 Å². The van der Waals surface area contributed by atoms with Crippen molar-refractivity contribution in [2.24, 2.45) is 0 Å². The smallest absolute Gasteiger partial charge is 0.0576 e. The Labute approximate surface area is 130 Å². The maximum atomic E-state index is 3.66. The number of nitrogens with one attached hydrogen (secondary N) is 1. The molecular formula is C18H22BrN. The molecule has 106 valence electrons. The topological polar surface area (TPSA) is 12.0 Å². The first-order chi connectivity index (χ1) is 9.60. The molecule has 0 bridgehead atoms. The van der Waals surface area contributed by atoms with Crippen LogP contribution in [0.4, 0.5) is 0 Å². The third-order valence-corrected chi connectivity index (χ3v) is 3.91. The lowest BCUT2D eigenvalue weighted by molar-refractivity contribution is 0.598. The molecule has 1 unspecified atom stereocenters. The monoisotopic (exact) mass is 331 g/mol. The molecule has 0 heterocycles. The number of benzene rings is 2. The van der Waals surface area contributed by atoms with Crippen molar-refractivity contribution in [1.82, 2.24) is 5.32 Å². The fraction of sp³-hybridized carbons (Fsp3) is 0.333. The van der Waals surface area contributed by atoms with Gasteiger partial charge in [0.2, 0.25) is 0 Å². The molecule has 1 atom stereocenters. The second kappa shape index (κ2) is 7.05. The fourth-order valence-electron chi connectivity index (χ4n) is 2.55. The quantitative estimate of drug-likeness (QED) is 0.798. The van der Waals surface area contributed by atoms with Gasteiger partial charge >= 0.3 is 0 Å². The Balaban J connectivity index is 2.38. The molecule has 0 radical (unpaired) electrons. The van der Waals surface area contributed by atoms with E-state index in [4.69, 9.17) is 0 Å². The zero-order valence-corrected chi connectivity index (χ0v) is 14.0. The zero-order valence-electron chi connectivity index (χ0n) is 12.4. The van der Waals surface area contributed by atoms with Gasteiger partial charge in [0.1, 0.15) is 0 Å². The summed E-state index contributed by atoms with van der Waals surface area (Å²) in [7, 11) is 0. The number of aryl methyl sites for hydroxylation is 2. The van der Waals surface area contributed by atoms with Crippen LogP contribution in [0.1, 0.15) is 41.6 Å². The Bertz CT molecular complexity index is 540. The lowest BCUT2D eigenvalue weighted by atomic mass is 9.95. The first kappa shape index (κ1) is 15.3. The summed E-state index contributed by atoms with van der Waals surface area (Å²) in [4.78, 5) is 0. The lowest BCUT2D eigenvalue weighted by Gasteiger charge is -2.21. The molecule has 0 saturated carbocycles. The summed E-state index contributed by atoms with van der Waals surface area (Å²) >= 11 is 3.51. The first-order valence-electron chi connectivity index (χ1n) is 7.17. The van der Waals surface area contributed by atoms with Gasteiger partial charge in [0, 0.05) is 4.47 Å². The highest BCUT2D eigenvalue weighted by Gasteiger charge is 2.13. The third kappa shape index (κ3) is 3.94. The Hall–Kier alpha value is -1.12. The molecule has 0 aliphatic heterocycles. The van der Waals surface area contributed by atoms with E-state index in [2.05, 4.69) is 84.5 Å². The van der Waals surface area contributed by atoms with Gasteiger partial charge in [0.05, 0.1) is 6.04 Å². The molecular weight excluding hydrogens is 310 g/mol. The molecule has 2 heteroatoms. The van der Waals surface area contributed by atoms with Crippen LogP contribution >= 0.6 is 15.9 Å². The molecule has 2 aromatic rings. The van der Waals surface area contributed by atoms with Gasteiger partial charge in [-0.1, -0.05) is 64.3 Å². The van der Waals surface area contributed by atoms with E-state index in [-0.39, 0.29) is 6.04 Å². The minimum Gasteiger partial charge on any atom is -0.306 e. The summed E-state index contributed by atoms with van der Waals surface area (Å²) in [5.41, 5.74) is 5.30. The number of halogens is 1. The maximum Gasteiger partial charge on any atom is 0.0576 e. The minimum absolute atomic E-state index is 0.265. The van der Waals surface area contributed by atoms with Crippen molar-refractivity contribution in [2.45, 2.75) is 33.2 Å². The van der Waals surface area contributed by atoms with E-state index in [1.54, 1.807) is 0 Å². The molecule has 1 N–H and O–H groups in total. The summed E-state index contributed by atoms with van der Waals surface area (Å²) in [6, 6.07) is 15.6. The number of hydrogen-bond acceptors (Lipinski definition) is 1. The third-order valence-electron chi connectivity index (χ3n) is 3.38. The average molecular weight is 332 g/mol. The van der Waals surface area contributed by atoms with Crippen molar-refractivity contribution in [3.05, 3.63) is 69.2 Å². The van der Waals surface area contributed by atoms with Gasteiger partial charge in [-0.25, -0.2) is 0 Å². The second-order valence-electron chi connectivity index (χ2n) is 5.36. The van der Waals surface area contributed by atoms with Crippen molar-refractivity contribution in [1.29, 1.82) is 0 Å². The molecule has 0 spiro atoms. The van der Waals surface area contributed by atoms with Crippen LogP contribution < -0.4 is 5.32 Å². The summed E-state index contributed by atoms with van der Waals surface area (Å²) in [5, 5.41) is 3.66. The Kier molecular flexibility index (Phi) is 5.38. The fourth-order valence-corrected chi connectivity index (χ4v) is 2.81. The van der Waals surface area contributed by atoms with Gasteiger partial charge in [-0.3, -0.25) is 0 Å². The van der Waals surface area contributed by atoms with Gasteiger partial charge in [0.25, 0.3) is 0 Å². The van der Waals surface area contributed by atoms with Crippen molar-refractivity contribution < 1.29 is 0 Å². The van der Waals surface area contributed by atoms with Crippen LogP contribution in [-0.4, -0.2) is 6.54 Å².